The van der Waals surface area contributed by atoms with E-state index in [1.165, 1.54) is 11.1 Å². The molecule has 0 aliphatic carbocycles. The molecule has 2 unspecified atom stereocenters. The maximum absolute atomic E-state index is 6.14. The van der Waals surface area contributed by atoms with Gasteiger partial charge in [0, 0.05) is 37.9 Å². The van der Waals surface area contributed by atoms with E-state index in [2.05, 4.69) is 53.7 Å². The first-order chi connectivity index (χ1) is 14.2. The standard InChI is InChI=1S/C23H32N4O2/c1-4-24-23(26-15-18-11-12-25-21(14-18)28-3)27-16-20-6-5-13-29-22(20)19-9-7-17(2)8-10-19/h7-12,14,20,22H,4-6,13,15-16H2,1-3H3,(H2,24,26,27). The fourth-order valence-corrected chi connectivity index (χ4v) is 3.58. The molecule has 0 saturated carbocycles. The number of methoxy groups -OCH3 is 1. The summed E-state index contributed by atoms with van der Waals surface area (Å²) in [5.74, 6) is 1.84. The Morgan fingerprint density at radius 1 is 1.24 bits per heavy atom. The third-order valence-electron chi connectivity index (χ3n) is 5.15. The van der Waals surface area contributed by atoms with Crippen molar-refractivity contribution in [2.24, 2.45) is 10.9 Å². The van der Waals surface area contributed by atoms with Crippen LogP contribution in [0.3, 0.4) is 0 Å². The van der Waals surface area contributed by atoms with Crippen LogP contribution in [0.25, 0.3) is 0 Å². The summed E-state index contributed by atoms with van der Waals surface area (Å²) in [7, 11) is 1.62. The zero-order valence-electron chi connectivity index (χ0n) is 17.6. The highest BCUT2D eigenvalue weighted by Gasteiger charge is 2.27. The molecule has 3 rings (SSSR count). The Balaban J connectivity index is 1.63. The normalized spacial score (nSPS) is 19.6. The number of guanidine groups is 1. The van der Waals surface area contributed by atoms with Crippen LogP contribution >= 0.6 is 0 Å². The summed E-state index contributed by atoms with van der Waals surface area (Å²) < 4.78 is 11.3. The van der Waals surface area contributed by atoms with Crippen molar-refractivity contribution in [3.05, 3.63) is 59.3 Å². The molecule has 29 heavy (non-hydrogen) atoms. The zero-order valence-corrected chi connectivity index (χ0v) is 17.6. The molecule has 156 valence electrons. The second-order valence-electron chi connectivity index (χ2n) is 7.39. The van der Waals surface area contributed by atoms with Gasteiger partial charge >= 0.3 is 0 Å². The van der Waals surface area contributed by atoms with Crippen molar-refractivity contribution in [3.63, 3.8) is 0 Å². The molecule has 2 N–H and O–H groups in total. The lowest BCUT2D eigenvalue weighted by atomic mass is 9.89. The zero-order chi connectivity index (χ0) is 20.5. The molecule has 2 aromatic rings. The van der Waals surface area contributed by atoms with Crippen LogP contribution in [0.1, 0.15) is 42.6 Å². The largest absolute Gasteiger partial charge is 0.481 e. The van der Waals surface area contributed by atoms with Crippen molar-refractivity contribution in [1.82, 2.24) is 15.6 Å². The number of aliphatic imine (C=N–C) groups is 1. The van der Waals surface area contributed by atoms with E-state index < -0.39 is 0 Å². The molecule has 1 fully saturated rings. The van der Waals surface area contributed by atoms with Crippen molar-refractivity contribution in [1.29, 1.82) is 0 Å². The molecule has 0 amide bonds. The molecule has 0 spiro atoms. The first-order valence-corrected chi connectivity index (χ1v) is 10.4. The van der Waals surface area contributed by atoms with E-state index in [4.69, 9.17) is 14.5 Å². The number of aromatic nitrogens is 1. The Kier molecular flexibility index (Phi) is 7.87. The molecule has 1 saturated heterocycles. The quantitative estimate of drug-likeness (QED) is 0.553. The number of aryl methyl sites for hydroxylation is 1. The van der Waals surface area contributed by atoms with Crippen LogP contribution in [0.4, 0.5) is 0 Å². The SMILES string of the molecule is CCNC(=NCc1ccnc(OC)c1)NCC1CCCOC1c1ccc(C)cc1. The number of hydrogen-bond acceptors (Lipinski definition) is 4. The summed E-state index contributed by atoms with van der Waals surface area (Å²) in [5.41, 5.74) is 3.59. The Morgan fingerprint density at radius 2 is 2.07 bits per heavy atom. The Hall–Kier alpha value is -2.60. The smallest absolute Gasteiger partial charge is 0.213 e. The van der Waals surface area contributed by atoms with Crippen molar-refractivity contribution in [3.8, 4) is 5.88 Å². The number of nitrogens with zero attached hydrogens (tertiary/aromatic N) is 2. The average Bonchev–Trinajstić information content (AvgIpc) is 2.76. The Labute approximate surface area is 173 Å². The fourth-order valence-electron chi connectivity index (χ4n) is 3.58. The van der Waals surface area contributed by atoms with Gasteiger partial charge in [-0.05, 0) is 43.9 Å². The van der Waals surface area contributed by atoms with Gasteiger partial charge in [0.2, 0.25) is 5.88 Å². The van der Waals surface area contributed by atoms with Crippen molar-refractivity contribution < 1.29 is 9.47 Å². The van der Waals surface area contributed by atoms with Crippen LogP contribution in [-0.2, 0) is 11.3 Å². The average molecular weight is 397 g/mol. The Bertz CT molecular complexity index is 792. The molecule has 2 heterocycles. The van der Waals surface area contributed by atoms with E-state index in [0.717, 1.165) is 44.1 Å². The molecule has 1 aromatic heterocycles. The molecule has 0 bridgehead atoms. The van der Waals surface area contributed by atoms with Gasteiger partial charge < -0.3 is 20.1 Å². The summed E-state index contributed by atoms with van der Waals surface area (Å²) in [4.78, 5) is 8.87. The summed E-state index contributed by atoms with van der Waals surface area (Å²) in [6.07, 6.45) is 4.12. The first kappa shape index (κ1) is 21.1. The van der Waals surface area contributed by atoms with Crippen LogP contribution in [0.5, 0.6) is 5.88 Å². The van der Waals surface area contributed by atoms with Gasteiger partial charge in [0.05, 0.1) is 19.8 Å². The molecular formula is C23H32N4O2. The van der Waals surface area contributed by atoms with Crippen LogP contribution < -0.4 is 15.4 Å². The van der Waals surface area contributed by atoms with Gasteiger partial charge in [-0.2, -0.15) is 0 Å². The van der Waals surface area contributed by atoms with E-state index in [0.29, 0.717) is 18.3 Å². The van der Waals surface area contributed by atoms with Crippen LogP contribution in [0, 0.1) is 12.8 Å². The van der Waals surface area contributed by atoms with Gasteiger partial charge in [-0.1, -0.05) is 29.8 Å². The predicted octanol–water partition coefficient (Wildman–Crippen LogP) is 3.62. The van der Waals surface area contributed by atoms with E-state index in [-0.39, 0.29) is 6.10 Å². The minimum absolute atomic E-state index is 0.129. The van der Waals surface area contributed by atoms with Crippen molar-refractivity contribution in [2.45, 2.75) is 39.3 Å². The molecule has 1 aromatic carbocycles. The van der Waals surface area contributed by atoms with Gasteiger partial charge in [0.25, 0.3) is 0 Å². The topological polar surface area (TPSA) is 67.8 Å². The number of hydrogen-bond donors (Lipinski definition) is 2. The van der Waals surface area contributed by atoms with Crippen molar-refractivity contribution in [2.75, 3.05) is 26.8 Å². The molecule has 6 nitrogen and oxygen atoms in total. The lowest BCUT2D eigenvalue weighted by Crippen LogP contribution is -2.42. The van der Waals surface area contributed by atoms with Gasteiger partial charge in [-0.3, -0.25) is 0 Å². The molecule has 2 atom stereocenters. The minimum Gasteiger partial charge on any atom is -0.481 e. The van der Waals surface area contributed by atoms with Gasteiger partial charge in [-0.25, -0.2) is 9.98 Å². The first-order valence-electron chi connectivity index (χ1n) is 10.4. The summed E-state index contributed by atoms with van der Waals surface area (Å²) in [6, 6.07) is 12.6. The Morgan fingerprint density at radius 3 is 2.83 bits per heavy atom. The molecule has 0 radical (unpaired) electrons. The van der Waals surface area contributed by atoms with E-state index >= 15 is 0 Å². The number of nitrogens with one attached hydrogen (secondary N) is 2. The third kappa shape index (κ3) is 6.19. The molecule has 1 aliphatic rings. The highest BCUT2D eigenvalue weighted by atomic mass is 16.5. The minimum atomic E-state index is 0.129. The highest BCUT2D eigenvalue weighted by Crippen LogP contribution is 2.33. The van der Waals surface area contributed by atoms with E-state index in [1.807, 2.05) is 12.1 Å². The second-order valence-corrected chi connectivity index (χ2v) is 7.39. The van der Waals surface area contributed by atoms with Gasteiger partial charge in [-0.15, -0.1) is 0 Å². The predicted molar refractivity (Wildman–Crippen MR) is 116 cm³/mol. The number of rotatable bonds is 7. The van der Waals surface area contributed by atoms with Crippen LogP contribution in [-0.4, -0.2) is 37.7 Å². The summed E-state index contributed by atoms with van der Waals surface area (Å²) >= 11 is 0. The monoisotopic (exact) mass is 396 g/mol. The van der Waals surface area contributed by atoms with E-state index in [1.54, 1.807) is 13.3 Å². The van der Waals surface area contributed by atoms with E-state index in [9.17, 15) is 0 Å². The number of ether oxygens (including phenoxy) is 2. The molecular weight excluding hydrogens is 364 g/mol. The highest BCUT2D eigenvalue weighted by molar-refractivity contribution is 5.79. The van der Waals surface area contributed by atoms with Gasteiger partial charge in [0.15, 0.2) is 5.96 Å². The summed E-state index contributed by atoms with van der Waals surface area (Å²) in [6.45, 7) is 7.22. The van der Waals surface area contributed by atoms with Gasteiger partial charge in [0.1, 0.15) is 0 Å². The van der Waals surface area contributed by atoms with Crippen LogP contribution in [0.2, 0.25) is 0 Å². The maximum atomic E-state index is 6.14. The number of benzene rings is 1. The lowest BCUT2D eigenvalue weighted by Gasteiger charge is -2.32. The maximum Gasteiger partial charge on any atom is 0.213 e. The second kappa shape index (κ2) is 10.8. The third-order valence-corrected chi connectivity index (χ3v) is 5.15. The van der Waals surface area contributed by atoms with Crippen molar-refractivity contribution >= 4 is 5.96 Å². The summed E-state index contributed by atoms with van der Waals surface area (Å²) in [5, 5.41) is 6.85. The lowest BCUT2D eigenvalue weighted by molar-refractivity contribution is -0.0265. The van der Waals surface area contributed by atoms with Crippen LogP contribution in [0.15, 0.2) is 47.6 Å². The molecule has 1 aliphatic heterocycles. The molecule has 6 heteroatoms. The number of pyridine rings is 1. The fraction of sp³-hybridized carbons (Fsp3) is 0.478.